The van der Waals surface area contributed by atoms with E-state index in [1.807, 2.05) is 54.6 Å². The zero-order valence-corrected chi connectivity index (χ0v) is 14.5. The zero-order chi connectivity index (χ0) is 17.6. The maximum absolute atomic E-state index is 12.2. The summed E-state index contributed by atoms with van der Waals surface area (Å²) in [7, 11) is 1.60. The van der Waals surface area contributed by atoms with Gasteiger partial charge < -0.3 is 10.1 Å². The average Bonchev–Trinajstić information content (AvgIpc) is 3.01. The number of aromatic amines is 1. The van der Waals surface area contributed by atoms with Crippen LogP contribution in [0.4, 0.5) is 0 Å². The van der Waals surface area contributed by atoms with Gasteiger partial charge in [0.1, 0.15) is 5.75 Å². The van der Waals surface area contributed by atoms with Gasteiger partial charge in [-0.05, 0) is 29.9 Å². The summed E-state index contributed by atoms with van der Waals surface area (Å²) < 4.78 is 7.59. The van der Waals surface area contributed by atoms with Crippen LogP contribution in [0.15, 0.2) is 54.6 Å². The first-order chi connectivity index (χ1) is 12.2. The predicted molar refractivity (Wildman–Crippen MR) is 97.3 cm³/mol. The van der Waals surface area contributed by atoms with Crippen molar-refractivity contribution < 1.29 is 9.53 Å². The third kappa shape index (κ3) is 3.95. The Bertz CT molecular complexity index is 918. The summed E-state index contributed by atoms with van der Waals surface area (Å²) in [5.41, 5.74) is 1.74. The molecule has 1 heterocycles. The van der Waals surface area contributed by atoms with E-state index in [0.29, 0.717) is 22.8 Å². The lowest BCUT2D eigenvalue weighted by molar-refractivity contribution is -0.120. The fourth-order valence-electron chi connectivity index (χ4n) is 2.53. The molecule has 0 saturated heterocycles. The van der Waals surface area contributed by atoms with Gasteiger partial charge in [0.2, 0.25) is 5.91 Å². The molecule has 0 spiro atoms. The molecule has 0 aliphatic heterocycles. The van der Waals surface area contributed by atoms with Crippen molar-refractivity contribution in [3.63, 3.8) is 0 Å². The molecule has 2 N–H and O–H groups in total. The molecule has 0 radical (unpaired) electrons. The zero-order valence-electron chi connectivity index (χ0n) is 13.7. The topological polar surface area (TPSA) is 71.9 Å². The molecular weight excluding hydrogens is 336 g/mol. The minimum Gasteiger partial charge on any atom is -0.495 e. The minimum absolute atomic E-state index is 0.0771. The van der Waals surface area contributed by atoms with E-state index < -0.39 is 0 Å². The summed E-state index contributed by atoms with van der Waals surface area (Å²) in [5, 5.41) is 9.87. The monoisotopic (exact) mass is 354 g/mol. The van der Waals surface area contributed by atoms with Gasteiger partial charge in [-0.25, -0.2) is 0 Å². The highest BCUT2D eigenvalue weighted by Crippen LogP contribution is 2.23. The molecule has 128 valence electrons. The third-order valence-corrected chi connectivity index (χ3v) is 3.99. The number of benzene rings is 2. The normalized spacial score (nSPS) is 10.4. The highest BCUT2D eigenvalue weighted by molar-refractivity contribution is 7.71. The van der Waals surface area contributed by atoms with Gasteiger partial charge in [-0.1, -0.05) is 42.5 Å². The number of rotatable bonds is 6. The summed E-state index contributed by atoms with van der Waals surface area (Å²) in [5.74, 6) is 1.21. The van der Waals surface area contributed by atoms with Crippen molar-refractivity contribution in [1.82, 2.24) is 20.1 Å². The molecule has 3 aromatic rings. The Morgan fingerprint density at radius 1 is 1.20 bits per heavy atom. The van der Waals surface area contributed by atoms with Gasteiger partial charge in [-0.15, -0.1) is 0 Å². The summed E-state index contributed by atoms with van der Waals surface area (Å²) in [6.07, 6.45) is 0.320. The van der Waals surface area contributed by atoms with Crippen LogP contribution in [0.1, 0.15) is 11.4 Å². The van der Waals surface area contributed by atoms with Gasteiger partial charge in [0.25, 0.3) is 0 Å². The van der Waals surface area contributed by atoms with Gasteiger partial charge in [0, 0.05) is 0 Å². The summed E-state index contributed by atoms with van der Waals surface area (Å²) in [4.78, 5) is 12.2. The van der Waals surface area contributed by atoms with Crippen LogP contribution in [0.2, 0.25) is 0 Å². The molecule has 1 aromatic heterocycles. The summed E-state index contributed by atoms with van der Waals surface area (Å²) in [6.45, 7) is 0.261. The number of aromatic nitrogens is 3. The maximum Gasteiger partial charge on any atom is 0.224 e. The Morgan fingerprint density at radius 2 is 1.92 bits per heavy atom. The molecule has 7 heteroatoms. The quantitative estimate of drug-likeness (QED) is 0.668. The van der Waals surface area contributed by atoms with Gasteiger partial charge in [-0.3, -0.25) is 14.5 Å². The number of carbonyl (C=O) groups is 1. The van der Waals surface area contributed by atoms with E-state index in [-0.39, 0.29) is 12.5 Å². The van der Waals surface area contributed by atoms with Crippen LogP contribution in [0.5, 0.6) is 5.75 Å². The van der Waals surface area contributed by atoms with Crippen LogP contribution in [0, 0.1) is 4.77 Å². The van der Waals surface area contributed by atoms with Crippen LogP contribution in [-0.4, -0.2) is 27.8 Å². The Labute approximate surface area is 150 Å². The molecular formula is C18H18N4O2S. The Morgan fingerprint density at radius 3 is 2.68 bits per heavy atom. The van der Waals surface area contributed by atoms with Crippen LogP contribution in [-0.2, 0) is 17.8 Å². The molecule has 0 saturated carbocycles. The summed E-state index contributed by atoms with van der Waals surface area (Å²) in [6, 6.07) is 17.1. The van der Waals surface area contributed by atoms with Crippen LogP contribution in [0.25, 0.3) is 5.69 Å². The molecule has 0 fully saturated rings. The Hall–Kier alpha value is -2.93. The van der Waals surface area contributed by atoms with Crippen molar-refractivity contribution >= 4 is 18.1 Å². The van der Waals surface area contributed by atoms with E-state index in [1.54, 1.807) is 11.7 Å². The number of nitrogens with one attached hydrogen (secondary N) is 2. The van der Waals surface area contributed by atoms with Gasteiger partial charge >= 0.3 is 0 Å². The van der Waals surface area contributed by atoms with E-state index >= 15 is 0 Å². The lowest BCUT2D eigenvalue weighted by Crippen LogP contribution is -2.26. The van der Waals surface area contributed by atoms with Crippen LogP contribution >= 0.6 is 12.2 Å². The number of para-hydroxylation sites is 2. The van der Waals surface area contributed by atoms with E-state index in [1.165, 1.54) is 0 Å². The van der Waals surface area contributed by atoms with Crippen molar-refractivity contribution in [2.45, 2.75) is 13.0 Å². The standard InChI is InChI=1S/C18H18N4O2S/c1-24-15-10-6-5-9-14(15)22-16(20-21-18(22)25)12-19-17(23)11-13-7-3-2-4-8-13/h2-10H,11-12H2,1H3,(H,19,23)(H,21,25). The van der Waals surface area contributed by atoms with Crippen molar-refractivity contribution in [1.29, 1.82) is 0 Å². The molecule has 0 aliphatic carbocycles. The first-order valence-electron chi connectivity index (χ1n) is 7.79. The SMILES string of the molecule is COc1ccccc1-n1c(CNC(=O)Cc2ccccc2)n[nH]c1=S. The second-order valence-corrected chi connectivity index (χ2v) is 5.78. The molecule has 25 heavy (non-hydrogen) atoms. The number of hydrogen-bond acceptors (Lipinski definition) is 4. The second-order valence-electron chi connectivity index (χ2n) is 5.39. The largest absolute Gasteiger partial charge is 0.495 e. The molecule has 6 nitrogen and oxygen atoms in total. The molecule has 2 aromatic carbocycles. The van der Waals surface area contributed by atoms with E-state index in [4.69, 9.17) is 17.0 Å². The summed E-state index contributed by atoms with van der Waals surface area (Å²) >= 11 is 5.32. The lowest BCUT2D eigenvalue weighted by Gasteiger charge is -2.11. The molecule has 1 amide bonds. The Kier molecular flexibility index (Phi) is 5.25. The molecule has 0 atom stereocenters. The van der Waals surface area contributed by atoms with E-state index in [2.05, 4.69) is 15.5 Å². The smallest absolute Gasteiger partial charge is 0.224 e. The third-order valence-electron chi connectivity index (χ3n) is 3.72. The minimum atomic E-state index is -0.0771. The van der Waals surface area contributed by atoms with E-state index in [9.17, 15) is 4.79 Å². The first kappa shape index (κ1) is 16.9. The van der Waals surface area contributed by atoms with Crippen molar-refractivity contribution in [3.8, 4) is 11.4 Å². The number of H-pyrrole nitrogens is 1. The van der Waals surface area contributed by atoms with E-state index in [0.717, 1.165) is 11.3 Å². The maximum atomic E-state index is 12.2. The molecule has 0 unspecified atom stereocenters. The molecule has 0 bridgehead atoms. The fraction of sp³-hybridized carbons (Fsp3) is 0.167. The van der Waals surface area contributed by atoms with Crippen molar-refractivity contribution in [2.24, 2.45) is 0 Å². The predicted octanol–water partition coefficient (Wildman–Crippen LogP) is 2.80. The number of nitrogens with zero attached hydrogens (tertiary/aromatic N) is 2. The molecule has 3 rings (SSSR count). The van der Waals surface area contributed by atoms with Gasteiger partial charge in [0.15, 0.2) is 10.6 Å². The first-order valence-corrected chi connectivity index (χ1v) is 8.20. The lowest BCUT2D eigenvalue weighted by atomic mass is 10.1. The highest BCUT2D eigenvalue weighted by atomic mass is 32.1. The van der Waals surface area contributed by atoms with Crippen molar-refractivity contribution in [2.75, 3.05) is 7.11 Å². The van der Waals surface area contributed by atoms with Gasteiger partial charge in [-0.2, -0.15) is 5.10 Å². The fourth-order valence-corrected chi connectivity index (χ4v) is 2.78. The van der Waals surface area contributed by atoms with Crippen LogP contribution in [0.3, 0.4) is 0 Å². The second kappa shape index (κ2) is 7.76. The van der Waals surface area contributed by atoms with Crippen LogP contribution < -0.4 is 10.1 Å². The van der Waals surface area contributed by atoms with Crippen molar-refractivity contribution in [3.05, 3.63) is 70.8 Å². The Balaban J connectivity index is 1.76. The number of ether oxygens (including phenoxy) is 1. The highest BCUT2D eigenvalue weighted by Gasteiger charge is 2.13. The molecule has 0 aliphatic rings. The number of amides is 1. The number of methoxy groups -OCH3 is 1. The number of hydrogen-bond donors (Lipinski definition) is 2. The average molecular weight is 354 g/mol. The van der Waals surface area contributed by atoms with Gasteiger partial charge in [0.05, 0.1) is 25.8 Å². The number of carbonyl (C=O) groups excluding carboxylic acids is 1.